The third-order valence-electron chi connectivity index (χ3n) is 2.28. The highest BCUT2D eigenvalue weighted by Crippen LogP contribution is 1.95. The standard InChI is InChI=1S/C10H21N3O3/c1-14-8-9-15-5-2-12-10(11)13-3-6-16-7-4-13/h2-9H2,1H3,(H2,11,12). The lowest BCUT2D eigenvalue weighted by Gasteiger charge is -2.27. The molecule has 0 spiro atoms. The molecule has 16 heavy (non-hydrogen) atoms. The van der Waals surface area contributed by atoms with Crippen molar-refractivity contribution < 1.29 is 14.2 Å². The van der Waals surface area contributed by atoms with Crippen molar-refractivity contribution in [2.75, 3.05) is 59.8 Å². The van der Waals surface area contributed by atoms with Crippen molar-refractivity contribution in [2.45, 2.75) is 0 Å². The summed E-state index contributed by atoms with van der Waals surface area (Å²) >= 11 is 0. The fourth-order valence-electron chi connectivity index (χ4n) is 1.36. The number of methoxy groups -OCH3 is 1. The Bertz CT molecular complexity index is 205. The van der Waals surface area contributed by atoms with Gasteiger partial charge in [0.15, 0.2) is 5.96 Å². The van der Waals surface area contributed by atoms with Crippen LogP contribution < -0.4 is 5.73 Å². The van der Waals surface area contributed by atoms with Crippen LogP contribution >= 0.6 is 0 Å². The van der Waals surface area contributed by atoms with Crippen LogP contribution in [0.15, 0.2) is 4.99 Å². The van der Waals surface area contributed by atoms with Gasteiger partial charge in [-0.1, -0.05) is 0 Å². The molecule has 1 heterocycles. The molecule has 1 aliphatic rings. The Kier molecular flexibility index (Phi) is 6.87. The summed E-state index contributed by atoms with van der Waals surface area (Å²) < 4.78 is 15.4. The van der Waals surface area contributed by atoms with Crippen LogP contribution in [0.25, 0.3) is 0 Å². The maximum absolute atomic E-state index is 5.83. The van der Waals surface area contributed by atoms with Crippen LogP contribution in [0.5, 0.6) is 0 Å². The minimum atomic E-state index is 0.578. The zero-order valence-electron chi connectivity index (χ0n) is 9.85. The molecule has 1 aliphatic heterocycles. The maximum Gasteiger partial charge on any atom is 0.191 e. The van der Waals surface area contributed by atoms with E-state index in [1.165, 1.54) is 0 Å². The van der Waals surface area contributed by atoms with E-state index in [1.807, 2.05) is 4.90 Å². The molecule has 94 valence electrons. The first-order chi connectivity index (χ1) is 7.84. The SMILES string of the molecule is COCCOCCN=C(N)N1CCOCC1. The first-order valence-corrected chi connectivity index (χ1v) is 5.54. The average molecular weight is 231 g/mol. The lowest BCUT2D eigenvalue weighted by atomic mass is 10.4. The Labute approximate surface area is 96.4 Å². The number of morpholine rings is 1. The van der Waals surface area contributed by atoms with E-state index in [1.54, 1.807) is 7.11 Å². The lowest BCUT2D eigenvalue weighted by molar-refractivity contribution is 0.0664. The number of hydrogen-bond donors (Lipinski definition) is 1. The summed E-state index contributed by atoms with van der Waals surface area (Å²) in [5, 5.41) is 0. The Morgan fingerprint density at radius 2 is 2.06 bits per heavy atom. The Hall–Kier alpha value is -0.850. The minimum absolute atomic E-state index is 0.578. The largest absolute Gasteiger partial charge is 0.382 e. The molecule has 0 radical (unpaired) electrons. The summed E-state index contributed by atoms with van der Waals surface area (Å²) in [5.41, 5.74) is 5.83. The third kappa shape index (κ3) is 5.29. The molecule has 0 atom stereocenters. The molecule has 1 rings (SSSR count). The molecule has 0 aromatic heterocycles. The van der Waals surface area contributed by atoms with Gasteiger partial charge < -0.3 is 24.8 Å². The summed E-state index contributed by atoms with van der Waals surface area (Å²) in [6.07, 6.45) is 0. The van der Waals surface area contributed by atoms with Gasteiger partial charge in [0, 0.05) is 20.2 Å². The molecule has 0 unspecified atom stereocenters. The number of aliphatic imine (C=N–C) groups is 1. The van der Waals surface area contributed by atoms with Crippen molar-refractivity contribution in [3.8, 4) is 0 Å². The van der Waals surface area contributed by atoms with Gasteiger partial charge in [0.2, 0.25) is 0 Å². The molecule has 0 aromatic carbocycles. The monoisotopic (exact) mass is 231 g/mol. The second-order valence-corrected chi connectivity index (χ2v) is 3.44. The molecular formula is C10H21N3O3. The zero-order valence-corrected chi connectivity index (χ0v) is 9.85. The fraction of sp³-hybridized carbons (Fsp3) is 0.900. The maximum atomic E-state index is 5.83. The van der Waals surface area contributed by atoms with Crippen LogP contribution in [0.2, 0.25) is 0 Å². The molecule has 0 bridgehead atoms. The van der Waals surface area contributed by atoms with E-state index < -0.39 is 0 Å². The average Bonchev–Trinajstić information content (AvgIpc) is 2.34. The number of nitrogens with two attached hydrogens (primary N) is 1. The van der Waals surface area contributed by atoms with Gasteiger partial charge in [-0.05, 0) is 0 Å². The second-order valence-electron chi connectivity index (χ2n) is 3.44. The van der Waals surface area contributed by atoms with Gasteiger partial charge in [-0.3, -0.25) is 4.99 Å². The van der Waals surface area contributed by atoms with Gasteiger partial charge >= 0.3 is 0 Å². The van der Waals surface area contributed by atoms with Gasteiger partial charge in [0.25, 0.3) is 0 Å². The molecule has 1 fully saturated rings. The van der Waals surface area contributed by atoms with E-state index >= 15 is 0 Å². The van der Waals surface area contributed by atoms with E-state index in [0.717, 1.165) is 26.3 Å². The molecular weight excluding hydrogens is 210 g/mol. The van der Waals surface area contributed by atoms with Gasteiger partial charge in [0.1, 0.15) is 0 Å². The number of rotatable bonds is 6. The smallest absolute Gasteiger partial charge is 0.191 e. The highest BCUT2D eigenvalue weighted by molar-refractivity contribution is 5.78. The van der Waals surface area contributed by atoms with Crippen molar-refractivity contribution in [2.24, 2.45) is 10.7 Å². The summed E-state index contributed by atoms with van der Waals surface area (Å²) in [6.45, 7) is 5.47. The number of nitrogens with zero attached hydrogens (tertiary/aromatic N) is 2. The second kappa shape index (κ2) is 8.32. The van der Waals surface area contributed by atoms with Crippen molar-refractivity contribution in [1.82, 2.24) is 4.90 Å². The van der Waals surface area contributed by atoms with Crippen LogP contribution in [0.3, 0.4) is 0 Å². The Balaban J connectivity index is 2.07. The predicted molar refractivity (Wildman–Crippen MR) is 61.6 cm³/mol. The molecule has 0 saturated carbocycles. The van der Waals surface area contributed by atoms with E-state index in [4.69, 9.17) is 19.9 Å². The van der Waals surface area contributed by atoms with Gasteiger partial charge in [0.05, 0.1) is 39.6 Å². The summed E-state index contributed by atoms with van der Waals surface area (Å²) in [5.74, 6) is 0.582. The third-order valence-corrected chi connectivity index (χ3v) is 2.28. The van der Waals surface area contributed by atoms with Crippen molar-refractivity contribution in [3.63, 3.8) is 0 Å². The molecule has 6 nitrogen and oxygen atoms in total. The van der Waals surface area contributed by atoms with Crippen LogP contribution in [-0.4, -0.2) is 70.6 Å². The van der Waals surface area contributed by atoms with E-state index in [2.05, 4.69) is 4.99 Å². The summed E-state index contributed by atoms with van der Waals surface area (Å²) in [6, 6.07) is 0. The van der Waals surface area contributed by atoms with Crippen molar-refractivity contribution >= 4 is 5.96 Å². The van der Waals surface area contributed by atoms with Gasteiger partial charge in [-0.2, -0.15) is 0 Å². The molecule has 0 aromatic rings. The van der Waals surface area contributed by atoms with Crippen LogP contribution in [-0.2, 0) is 14.2 Å². The van der Waals surface area contributed by atoms with Crippen molar-refractivity contribution in [3.05, 3.63) is 0 Å². The number of ether oxygens (including phenoxy) is 3. The predicted octanol–water partition coefficient (Wildman–Crippen LogP) is -0.704. The minimum Gasteiger partial charge on any atom is -0.382 e. The first kappa shape index (κ1) is 13.2. The summed E-state index contributed by atoms with van der Waals surface area (Å²) in [7, 11) is 1.65. The highest BCUT2D eigenvalue weighted by atomic mass is 16.5. The van der Waals surface area contributed by atoms with Crippen LogP contribution in [0.4, 0.5) is 0 Å². The van der Waals surface area contributed by atoms with Crippen LogP contribution in [0, 0.1) is 0 Å². The highest BCUT2D eigenvalue weighted by Gasteiger charge is 2.11. The molecule has 0 aliphatic carbocycles. The molecule has 6 heteroatoms. The lowest BCUT2D eigenvalue weighted by Crippen LogP contribution is -2.45. The zero-order chi connectivity index (χ0) is 11.6. The van der Waals surface area contributed by atoms with E-state index in [0.29, 0.717) is 32.3 Å². The molecule has 2 N–H and O–H groups in total. The molecule has 0 amide bonds. The Morgan fingerprint density at radius 3 is 2.75 bits per heavy atom. The number of hydrogen-bond acceptors (Lipinski definition) is 4. The fourth-order valence-corrected chi connectivity index (χ4v) is 1.36. The van der Waals surface area contributed by atoms with Crippen molar-refractivity contribution in [1.29, 1.82) is 0 Å². The van der Waals surface area contributed by atoms with E-state index in [-0.39, 0.29) is 0 Å². The first-order valence-electron chi connectivity index (χ1n) is 5.54. The number of guanidine groups is 1. The topological polar surface area (TPSA) is 69.3 Å². The normalized spacial score (nSPS) is 17.8. The summed E-state index contributed by atoms with van der Waals surface area (Å²) in [4.78, 5) is 6.27. The van der Waals surface area contributed by atoms with Gasteiger partial charge in [-0.25, -0.2) is 0 Å². The van der Waals surface area contributed by atoms with Gasteiger partial charge in [-0.15, -0.1) is 0 Å². The molecule has 1 saturated heterocycles. The Morgan fingerprint density at radius 1 is 1.31 bits per heavy atom. The van der Waals surface area contributed by atoms with E-state index in [9.17, 15) is 0 Å². The van der Waals surface area contributed by atoms with Crippen LogP contribution in [0.1, 0.15) is 0 Å². The quantitative estimate of drug-likeness (QED) is 0.372.